The Bertz CT molecular complexity index is 1300. The van der Waals surface area contributed by atoms with Crippen LogP contribution >= 0.6 is 0 Å². The Balaban J connectivity index is 0.000000720. The Hall–Kier alpha value is -5.68. The molecule has 0 aliphatic rings. The molecule has 2 N–H and O–H groups in total. The zero-order chi connectivity index (χ0) is 31.0. The zero-order valence-corrected chi connectivity index (χ0v) is 23.0. The molecule has 0 spiro atoms. The number of benzene rings is 4. The first-order valence-electron chi connectivity index (χ1n) is 12.2. The van der Waals surface area contributed by atoms with Crippen molar-refractivity contribution in [2.75, 3.05) is 14.2 Å². The fraction of sp³-hybridized carbons (Fsp3) is 0.152. The van der Waals surface area contributed by atoms with Crippen molar-refractivity contribution >= 4 is 47.1 Å². The monoisotopic (exact) mass is 580 g/mol. The molecular weight excluding hydrogens is 548 g/mol. The molecule has 0 fully saturated rings. The van der Waals surface area contributed by atoms with Gasteiger partial charge in [-0.15, -0.1) is 0 Å². The molecule has 0 radical (unpaired) electrons. The highest BCUT2D eigenvalue weighted by Crippen LogP contribution is 2.19. The summed E-state index contributed by atoms with van der Waals surface area (Å²) in [4.78, 5) is 54.6. The lowest BCUT2D eigenvalue weighted by molar-refractivity contribution is 0.399. The molecule has 0 unspecified atom stereocenters. The number of carbonyl (C=O) groups excluding carboxylic acids is 4. The number of isocyanates is 4. The standard InChI is InChI=1S/2C15H10N2O2.2CH4O.CH4/c2*18-10-16-14-5-1-12(2-6-14)9-13-3-7-15(8-4-13)17-11-19;2*1-2;/h2*1-8H,9H2;2*2H,1H3;1H4. The van der Waals surface area contributed by atoms with Gasteiger partial charge in [0.2, 0.25) is 24.3 Å². The van der Waals surface area contributed by atoms with Crippen molar-refractivity contribution in [1.29, 1.82) is 0 Å². The number of aliphatic hydroxyl groups is 2. The lowest BCUT2D eigenvalue weighted by atomic mass is 10.0. The van der Waals surface area contributed by atoms with Gasteiger partial charge in [-0.2, -0.15) is 20.0 Å². The highest BCUT2D eigenvalue weighted by Gasteiger charge is 1.99. The first kappa shape index (κ1) is 37.3. The van der Waals surface area contributed by atoms with Crippen molar-refractivity contribution in [3.8, 4) is 0 Å². The molecule has 10 heteroatoms. The van der Waals surface area contributed by atoms with E-state index in [-0.39, 0.29) is 7.43 Å². The third kappa shape index (κ3) is 14.5. The van der Waals surface area contributed by atoms with Crippen LogP contribution in [0.15, 0.2) is 117 Å². The number of hydrogen-bond acceptors (Lipinski definition) is 10. The second-order valence-corrected chi connectivity index (χ2v) is 7.83. The van der Waals surface area contributed by atoms with E-state index in [1.165, 1.54) is 24.3 Å². The highest BCUT2D eigenvalue weighted by atomic mass is 16.2. The van der Waals surface area contributed by atoms with Gasteiger partial charge in [0.15, 0.2) is 0 Å². The summed E-state index contributed by atoms with van der Waals surface area (Å²) in [7, 11) is 2.00. The summed E-state index contributed by atoms with van der Waals surface area (Å²) in [6.45, 7) is 0. The van der Waals surface area contributed by atoms with Crippen molar-refractivity contribution in [2.24, 2.45) is 20.0 Å². The van der Waals surface area contributed by atoms with Gasteiger partial charge in [0.1, 0.15) is 0 Å². The predicted molar refractivity (Wildman–Crippen MR) is 166 cm³/mol. The van der Waals surface area contributed by atoms with E-state index >= 15 is 0 Å². The molecule has 4 aromatic rings. The minimum absolute atomic E-state index is 0. The third-order valence-corrected chi connectivity index (χ3v) is 5.26. The van der Waals surface area contributed by atoms with Crippen LogP contribution in [-0.2, 0) is 32.0 Å². The van der Waals surface area contributed by atoms with Gasteiger partial charge in [-0.25, -0.2) is 19.2 Å². The number of nitrogens with zero attached hydrogens (tertiary/aromatic N) is 4. The molecule has 0 aliphatic carbocycles. The van der Waals surface area contributed by atoms with E-state index < -0.39 is 0 Å². The second kappa shape index (κ2) is 23.1. The quantitative estimate of drug-likeness (QED) is 0.184. The van der Waals surface area contributed by atoms with Crippen molar-refractivity contribution in [1.82, 2.24) is 0 Å². The van der Waals surface area contributed by atoms with Crippen LogP contribution in [0.4, 0.5) is 22.7 Å². The van der Waals surface area contributed by atoms with Crippen LogP contribution in [0, 0.1) is 0 Å². The number of rotatable bonds is 8. The van der Waals surface area contributed by atoms with Gasteiger partial charge >= 0.3 is 0 Å². The van der Waals surface area contributed by atoms with Crippen molar-refractivity contribution in [3.05, 3.63) is 119 Å². The maximum atomic E-state index is 10.1. The van der Waals surface area contributed by atoms with Gasteiger partial charge in [0.05, 0.1) is 22.7 Å². The summed E-state index contributed by atoms with van der Waals surface area (Å²) in [5.41, 5.74) is 6.80. The molecule has 0 heterocycles. The van der Waals surface area contributed by atoms with Crippen LogP contribution < -0.4 is 0 Å². The van der Waals surface area contributed by atoms with Crippen molar-refractivity contribution < 1.29 is 29.4 Å². The normalized spacial score (nSPS) is 8.47. The summed E-state index contributed by atoms with van der Waals surface area (Å²) in [6.07, 6.45) is 7.54. The van der Waals surface area contributed by atoms with E-state index in [1.807, 2.05) is 48.5 Å². The second-order valence-electron chi connectivity index (χ2n) is 7.83. The van der Waals surface area contributed by atoms with Crippen molar-refractivity contribution in [3.63, 3.8) is 0 Å². The topological polar surface area (TPSA) is 158 Å². The number of aliphatic hydroxyl groups excluding tert-OH is 2. The smallest absolute Gasteiger partial charge is 0.240 e. The van der Waals surface area contributed by atoms with Gasteiger partial charge < -0.3 is 10.2 Å². The number of hydrogen-bond donors (Lipinski definition) is 2. The van der Waals surface area contributed by atoms with Crippen LogP contribution in [0.25, 0.3) is 0 Å². The molecule has 0 atom stereocenters. The third-order valence-electron chi connectivity index (χ3n) is 5.26. The maximum absolute atomic E-state index is 10.1. The molecule has 0 aromatic heterocycles. The first-order chi connectivity index (χ1) is 20.6. The summed E-state index contributed by atoms with van der Waals surface area (Å²) >= 11 is 0. The van der Waals surface area contributed by atoms with E-state index in [1.54, 1.807) is 48.5 Å². The highest BCUT2D eigenvalue weighted by molar-refractivity contribution is 5.52. The first-order valence-corrected chi connectivity index (χ1v) is 12.2. The van der Waals surface area contributed by atoms with E-state index in [4.69, 9.17) is 10.2 Å². The zero-order valence-electron chi connectivity index (χ0n) is 23.0. The lowest BCUT2D eigenvalue weighted by Gasteiger charge is -2.02. The van der Waals surface area contributed by atoms with Gasteiger partial charge in [-0.1, -0.05) is 56.0 Å². The molecule has 220 valence electrons. The van der Waals surface area contributed by atoms with Gasteiger partial charge in [0, 0.05) is 14.2 Å². The molecule has 0 saturated carbocycles. The molecule has 4 aromatic carbocycles. The van der Waals surface area contributed by atoms with Crippen LogP contribution in [0.2, 0.25) is 0 Å². The predicted octanol–water partition coefficient (Wildman–Crippen LogP) is 6.28. The molecule has 10 nitrogen and oxygen atoms in total. The summed E-state index contributed by atoms with van der Waals surface area (Å²) in [5, 5.41) is 14.0. The van der Waals surface area contributed by atoms with Crippen LogP contribution in [0.5, 0.6) is 0 Å². The molecular formula is C33H32N4O6. The van der Waals surface area contributed by atoms with Crippen molar-refractivity contribution in [2.45, 2.75) is 20.3 Å². The van der Waals surface area contributed by atoms with E-state index in [0.29, 0.717) is 22.7 Å². The van der Waals surface area contributed by atoms with Crippen LogP contribution in [-0.4, -0.2) is 48.8 Å². The Morgan fingerprint density at radius 2 is 0.558 bits per heavy atom. The van der Waals surface area contributed by atoms with Gasteiger partial charge in [-0.05, 0) is 83.6 Å². The summed E-state index contributed by atoms with van der Waals surface area (Å²) in [5.74, 6) is 0. The average molecular weight is 581 g/mol. The Morgan fingerprint density at radius 1 is 0.395 bits per heavy atom. The van der Waals surface area contributed by atoms with Crippen LogP contribution in [0.1, 0.15) is 29.7 Å². The Morgan fingerprint density at radius 3 is 0.698 bits per heavy atom. The van der Waals surface area contributed by atoms with E-state index in [0.717, 1.165) is 49.3 Å². The molecule has 0 amide bonds. The van der Waals surface area contributed by atoms with E-state index in [9.17, 15) is 19.2 Å². The molecule has 0 bridgehead atoms. The fourth-order valence-corrected chi connectivity index (χ4v) is 3.44. The number of aliphatic imine (C=N–C) groups is 4. The average Bonchev–Trinajstić information content (AvgIpc) is 3.04. The molecule has 0 aliphatic heterocycles. The van der Waals surface area contributed by atoms with Crippen LogP contribution in [0.3, 0.4) is 0 Å². The SMILES string of the molecule is C.CO.CO.O=C=Nc1ccc(Cc2ccc(N=C=O)cc2)cc1.O=C=Nc1ccc(Cc2ccc(N=C=O)cc2)cc1. The fourth-order valence-electron chi connectivity index (χ4n) is 3.44. The lowest BCUT2D eigenvalue weighted by Crippen LogP contribution is -1.86. The maximum Gasteiger partial charge on any atom is 0.240 e. The molecule has 43 heavy (non-hydrogen) atoms. The minimum atomic E-state index is 0. The summed E-state index contributed by atoms with van der Waals surface area (Å²) < 4.78 is 0. The summed E-state index contributed by atoms with van der Waals surface area (Å²) in [6, 6.07) is 29.4. The van der Waals surface area contributed by atoms with Gasteiger partial charge in [-0.3, -0.25) is 0 Å². The largest absolute Gasteiger partial charge is 0.400 e. The molecule has 0 saturated heterocycles. The van der Waals surface area contributed by atoms with E-state index in [2.05, 4.69) is 20.0 Å². The Kier molecular flexibility index (Phi) is 20.0. The van der Waals surface area contributed by atoms with Gasteiger partial charge in [0.25, 0.3) is 0 Å². The minimum Gasteiger partial charge on any atom is -0.400 e. The Labute approximate surface area is 250 Å². The molecule has 4 rings (SSSR count).